The standard InChI is InChI=1S/C20H29ClN4O2S/c1-2-28(26,27)25-13-12-23-14-15-8-11-24-19(18(15)22)20(9-3-10-20)16-4-6-17(21)7-5-16/h4-7,14-15,19,22,24-25H,2-3,8-13H2,1H3. The molecule has 0 radical (unpaired) electrons. The Balaban J connectivity index is 1.65. The van der Waals surface area contributed by atoms with Crippen LogP contribution < -0.4 is 10.0 Å². The second kappa shape index (κ2) is 9.03. The number of benzene rings is 1. The van der Waals surface area contributed by atoms with Gasteiger partial charge < -0.3 is 10.7 Å². The summed E-state index contributed by atoms with van der Waals surface area (Å²) in [6, 6.07) is 8.05. The van der Waals surface area contributed by atoms with Crippen molar-refractivity contribution in [3.05, 3.63) is 34.9 Å². The normalized spacial score (nSPS) is 25.0. The smallest absolute Gasteiger partial charge is 0.211 e. The summed E-state index contributed by atoms with van der Waals surface area (Å²) in [6.07, 6.45) is 5.99. The Labute approximate surface area is 172 Å². The molecular weight excluding hydrogens is 396 g/mol. The molecule has 3 N–H and O–H groups in total. The van der Waals surface area contributed by atoms with E-state index in [2.05, 4.69) is 27.2 Å². The molecule has 3 rings (SSSR count). The minimum Gasteiger partial charge on any atom is -0.308 e. The minimum absolute atomic E-state index is 0.00110. The minimum atomic E-state index is -3.18. The second-order valence-electron chi connectivity index (χ2n) is 7.61. The lowest BCUT2D eigenvalue weighted by Gasteiger charge is -2.51. The van der Waals surface area contributed by atoms with Crippen LogP contribution in [0.4, 0.5) is 0 Å². The maximum atomic E-state index is 11.5. The van der Waals surface area contributed by atoms with Crippen molar-refractivity contribution >= 4 is 33.6 Å². The van der Waals surface area contributed by atoms with Gasteiger partial charge in [-0.3, -0.25) is 4.99 Å². The molecule has 2 atom stereocenters. The maximum absolute atomic E-state index is 11.5. The molecule has 1 aromatic carbocycles. The summed E-state index contributed by atoms with van der Waals surface area (Å²) < 4.78 is 25.4. The van der Waals surface area contributed by atoms with Crippen LogP contribution in [0.3, 0.4) is 0 Å². The molecule has 2 unspecified atom stereocenters. The highest BCUT2D eigenvalue weighted by Crippen LogP contribution is 2.48. The van der Waals surface area contributed by atoms with Gasteiger partial charge in [0.05, 0.1) is 18.3 Å². The third-order valence-electron chi connectivity index (χ3n) is 5.96. The van der Waals surface area contributed by atoms with Crippen molar-refractivity contribution in [2.75, 3.05) is 25.4 Å². The van der Waals surface area contributed by atoms with Crippen LogP contribution in [0.1, 0.15) is 38.2 Å². The summed E-state index contributed by atoms with van der Waals surface area (Å²) in [7, 11) is -3.18. The SMILES string of the molecule is CCS(=O)(=O)NCCN=CC1CCNC(C2(c3ccc(Cl)cc3)CCC2)C1=N. The van der Waals surface area contributed by atoms with Crippen LogP contribution in [-0.2, 0) is 15.4 Å². The van der Waals surface area contributed by atoms with Crippen molar-refractivity contribution in [1.82, 2.24) is 10.0 Å². The first-order valence-electron chi connectivity index (χ1n) is 9.93. The number of rotatable bonds is 8. The summed E-state index contributed by atoms with van der Waals surface area (Å²) in [5.41, 5.74) is 1.89. The molecule has 0 amide bonds. The van der Waals surface area contributed by atoms with Crippen LogP contribution in [-0.4, -0.2) is 51.8 Å². The fourth-order valence-electron chi connectivity index (χ4n) is 4.16. The molecule has 1 saturated carbocycles. The summed E-state index contributed by atoms with van der Waals surface area (Å²) in [5.74, 6) is 0.0724. The average molecular weight is 425 g/mol. The summed E-state index contributed by atoms with van der Waals surface area (Å²) in [6.45, 7) is 3.15. The molecule has 1 heterocycles. The molecule has 0 aromatic heterocycles. The molecule has 1 aliphatic carbocycles. The second-order valence-corrected chi connectivity index (χ2v) is 10.1. The zero-order valence-corrected chi connectivity index (χ0v) is 17.8. The molecule has 0 bridgehead atoms. The maximum Gasteiger partial charge on any atom is 0.211 e. The van der Waals surface area contributed by atoms with Gasteiger partial charge in [0.15, 0.2) is 0 Å². The van der Waals surface area contributed by atoms with E-state index in [0.717, 1.165) is 30.8 Å². The summed E-state index contributed by atoms with van der Waals surface area (Å²) in [4.78, 5) is 4.39. The third-order valence-corrected chi connectivity index (χ3v) is 7.62. The fourth-order valence-corrected chi connectivity index (χ4v) is 4.90. The van der Waals surface area contributed by atoms with Gasteiger partial charge in [-0.2, -0.15) is 0 Å². The molecular formula is C20H29ClN4O2S. The van der Waals surface area contributed by atoms with Crippen LogP contribution in [0.15, 0.2) is 29.3 Å². The lowest BCUT2D eigenvalue weighted by molar-refractivity contribution is 0.196. The highest BCUT2D eigenvalue weighted by atomic mass is 35.5. The first-order chi connectivity index (χ1) is 13.4. The lowest BCUT2D eigenvalue weighted by Crippen LogP contribution is -2.61. The van der Waals surface area contributed by atoms with Crippen LogP contribution in [0.25, 0.3) is 0 Å². The predicted molar refractivity (Wildman–Crippen MR) is 115 cm³/mol. The Bertz CT molecular complexity index is 819. The van der Waals surface area contributed by atoms with Crippen molar-refractivity contribution in [3.63, 3.8) is 0 Å². The topological polar surface area (TPSA) is 94.4 Å². The quantitative estimate of drug-likeness (QED) is 0.442. The Morgan fingerprint density at radius 3 is 2.68 bits per heavy atom. The first-order valence-corrected chi connectivity index (χ1v) is 12.0. The number of halogens is 1. The molecule has 28 heavy (non-hydrogen) atoms. The van der Waals surface area contributed by atoms with Gasteiger partial charge >= 0.3 is 0 Å². The Morgan fingerprint density at radius 2 is 2.07 bits per heavy atom. The Morgan fingerprint density at radius 1 is 1.36 bits per heavy atom. The van der Waals surface area contributed by atoms with Gasteiger partial charge in [-0.15, -0.1) is 0 Å². The van der Waals surface area contributed by atoms with E-state index < -0.39 is 10.0 Å². The van der Waals surface area contributed by atoms with E-state index in [-0.39, 0.29) is 23.1 Å². The van der Waals surface area contributed by atoms with E-state index in [1.165, 1.54) is 12.0 Å². The number of piperidine rings is 1. The van der Waals surface area contributed by atoms with Gasteiger partial charge in [-0.1, -0.05) is 30.2 Å². The number of hydrogen-bond acceptors (Lipinski definition) is 5. The Hall–Kier alpha value is -1.28. The monoisotopic (exact) mass is 424 g/mol. The molecule has 1 aromatic rings. The number of hydrogen-bond donors (Lipinski definition) is 3. The van der Waals surface area contributed by atoms with E-state index in [0.29, 0.717) is 18.8 Å². The zero-order valence-electron chi connectivity index (χ0n) is 16.2. The van der Waals surface area contributed by atoms with Gasteiger partial charge in [0.25, 0.3) is 0 Å². The van der Waals surface area contributed by atoms with E-state index in [1.807, 2.05) is 18.3 Å². The van der Waals surface area contributed by atoms with Crippen molar-refractivity contribution in [1.29, 1.82) is 5.41 Å². The van der Waals surface area contributed by atoms with Crippen LogP contribution in [0, 0.1) is 11.3 Å². The lowest BCUT2D eigenvalue weighted by atomic mass is 9.57. The predicted octanol–water partition coefficient (Wildman–Crippen LogP) is 2.77. The van der Waals surface area contributed by atoms with Crippen LogP contribution in [0.5, 0.6) is 0 Å². The fraction of sp³-hybridized carbons (Fsp3) is 0.600. The summed E-state index contributed by atoms with van der Waals surface area (Å²) in [5, 5.41) is 13.1. The molecule has 0 spiro atoms. The zero-order chi connectivity index (χ0) is 20.2. The molecule has 2 aliphatic rings. The number of nitrogens with zero attached hydrogens (tertiary/aromatic N) is 1. The van der Waals surface area contributed by atoms with Gasteiger partial charge in [0.1, 0.15) is 0 Å². The van der Waals surface area contributed by atoms with Gasteiger partial charge in [-0.05, 0) is 50.4 Å². The van der Waals surface area contributed by atoms with Crippen molar-refractivity contribution in [3.8, 4) is 0 Å². The first kappa shape index (κ1) is 21.4. The molecule has 154 valence electrons. The number of sulfonamides is 1. The third kappa shape index (κ3) is 4.64. The molecule has 1 saturated heterocycles. The van der Waals surface area contributed by atoms with E-state index in [1.54, 1.807) is 6.92 Å². The summed E-state index contributed by atoms with van der Waals surface area (Å²) >= 11 is 6.06. The number of aliphatic imine (C=N–C) groups is 1. The largest absolute Gasteiger partial charge is 0.308 e. The van der Waals surface area contributed by atoms with Crippen molar-refractivity contribution < 1.29 is 8.42 Å². The van der Waals surface area contributed by atoms with E-state index in [9.17, 15) is 8.42 Å². The molecule has 8 heteroatoms. The van der Waals surface area contributed by atoms with Crippen LogP contribution >= 0.6 is 11.6 Å². The van der Waals surface area contributed by atoms with Crippen molar-refractivity contribution in [2.45, 2.75) is 44.1 Å². The van der Waals surface area contributed by atoms with Gasteiger partial charge in [0.2, 0.25) is 10.0 Å². The van der Waals surface area contributed by atoms with E-state index in [4.69, 9.17) is 17.0 Å². The average Bonchev–Trinajstić information content (AvgIpc) is 2.64. The molecule has 6 nitrogen and oxygen atoms in total. The number of nitrogens with one attached hydrogen (secondary N) is 3. The van der Waals surface area contributed by atoms with Gasteiger partial charge in [-0.25, -0.2) is 13.1 Å². The van der Waals surface area contributed by atoms with Crippen molar-refractivity contribution in [2.24, 2.45) is 10.9 Å². The van der Waals surface area contributed by atoms with E-state index >= 15 is 0 Å². The molecule has 2 fully saturated rings. The van der Waals surface area contributed by atoms with Gasteiger partial charge in [0, 0.05) is 34.8 Å². The highest BCUT2D eigenvalue weighted by molar-refractivity contribution is 7.89. The molecule has 1 aliphatic heterocycles. The highest BCUT2D eigenvalue weighted by Gasteiger charge is 2.49. The Kier molecular flexibility index (Phi) is 6.91. The van der Waals surface area contributed by atoms with Crippen LogP contribution in [0.2, 0.25) is 5.02 Å².